The third-order valence-corrected chi connectivity index (χ3v) is 2.32. The highest BCUT2D eigenvalue weighted by molar-refractivity contribution is 5.97. The fourth-order valence-electron chi connectivity index (χ4n) is 1.62. The van der Waals surface area contributed by atoms with Gasteiger partial charge in [0.25, 0.3) is 0 Å². The second kappa shape index (κ2) is 3.14. The third-order valence-electron chi connectivity index (χ3n) is 2.32. The fraction of sp³-hybridized carbons (Fsp3) is 0.125. The maximum absolute atomic E-state index is 5.80. The van der Waals surface area contributed by atoms with E-state index >= 15 is 0 Å². The molecule has 3 aromatic rings. The molecule has 0 aliphatic rings. The lowest BCUT2D eigenvalue weighted by Crippen LogP contribution is -2.00. The minimum Gasteiger partial charge on any atom is -0.383 e. The van der Waals surface area contributed by atoms with Crippen LogP contribution >= 0.6 is 0 Å². The molecule has 3 aromatic heterocycles. The molecule has 0 saturated carbocycles. The van der Waals surface area contributed by atoms with E-state index in [-0.39, 0.29) is 11.8 Å². The summed E-state index contributed by atoms with van der Waals surface area (Å²) in [4.78, 5) is 7.88. The molecule has 3 rings (SSSR count). The van der Waals surface area contributed by atoms with Crippen LogP contribution in [0.2, 0.25) is 0 Å². The van der Waals surface area contributed by atoms with Gasteiger partial charge in [0.2, 0.25) is 5.95 Å². The molecular weight excluding hydrogens is 222 g/mol. The molecule has 0 radical (unpaired) electrons. The molecule has 0 aliphatic heterocycles. The number of aryl methyl sites for hydroxylation is 1. The third kappa shape index (κ3) is 1.36. The molecule has 0 saturated heterocycles. The average Bonchev–Trinajstić information content (AvgIpc) is 2.83. The fourth-order valence-corrected chi connectivity index (χ4v) is 1.62. The Balaban J connectivity index is 2.31. The number of nitrogens with one attached hydrogen (secondary N) is 1. The number of anilines is 2. The first-order valence-corrected chi connectivity index (χ1v) is 4.79. The molecule has 86 valence electrons. The second-order valence-corrected chi connectivity index (χ2v) is 3.54. The molecule has 0 bridgehead atoms. The van der Waals surface area contributed by atoms with Gasteiger partial charge in [0, 0.05) is 7.05 Å². The zero-order valence-corrected chi connectivity index (χ0v) is 8.92. The second-order valence-electron chi connectivity index (χ2n) is 3.54. The summed E-state index contributed by atoms with van der Waals surface area (Å²) in [5.41, 5.74) is 13.0. The van der Waals surface area contributed by atoms with E-state index in [1.54, 1.807) is 17.9 Å². The number of hydrogen-bond donors (Lipinski definition) is 3. The molecule has 0 fully saturated rings. The number of fused-ring (bicyclic) bond motifs is 1. The van der Waals surface area contributed by atoms with E-state index in [2.05, 4.69) is 30.5 Å². The molecule has 0 spiro atoms. The quantitative estimate of drug-likeness (QED) is 0.504. The van der Waals surface area contributed by atoms with Crippen LogP contribution in [0, 0.1) is 0 Å². The number of aromatic amines is 1. The maximum Gasteiger partial charge on any atom is 0.224 e. The van der Waals surface area contributed by atoms with Gasteiger partial charge in [0.15, 0.2) is 5.65 Å². The predicted molar refractivity (Wildman–Crippen MR) is 60.5 cm³/mol. The van der Waals surface area contributed by atoms with Crippen molar-refractivity contribution in [3.05, 3.63) is 6.20 Å². The van der Waals surface area contributed by atoms with Crippen molar-refractivity contribution in [1.29, 1.82) is 0 Å². The Morgan fingerprint density at radius 2 is 2.12 bits per heavy atom. The van der Waals surface area contributed by atoms with Gasteiger partial charge in [-0.25, -0.2) is 0 Å². The Morgan fingerprint density at radius 1 is 1.29 bits per heavy atom. The summed E-state index contributed by atoms with van der Waals surface area (Å²) >= 11 is 0. The van der Waals surface area contributed by atoms with Crippen LogP contribution in [0.5, 0.6) is 0 Å². The molecule has 3 heterocycles. The lowest BCUT2D eigenvalue weighted by atomic mass is 10.2. The van der Waals surface area contributed by atoms with Crippen molar-refractivity contribution in [1.82, 2.24) is 35.2 Å². The van der Waals surface area contributed by atoms with Crippen molar-refractivity contribution in [3.63, 3.8) is 0 Å². The number of nitrogens with two attached hydrogens (primary N) is 2. The first kappa shape index (κ1) is 9.51. The summed E-state index contributed by atoms with van der Waals surface area (Å²) in [5, 5.41) is 15.2. The molecule has 17 heavy (non-hydrogen) atoms. The Kier molecular flexibility index (Phi) is 1.76. The van der Waals surface area contributed by atoms with Crippen LogP contribution in [0.15, 0.2) is 6.20 Å². The predicted octanol–water partition coefficient (Wildman–Crippen LogP) is -0.687. The van der Waals surface area contributed by atoms with Gasteiger partial charge in [-0.1, -0.05) is 5.21 Å². The van der Waals surface area contributed by atoms with E-state index in [1.807, 2.05) is 0 Å². The highest BCUT2D eigenvalue weighted by Gasteiger charge is 2.15. The average molecular weight is 231 g/mol. The summed E-state index contributed by atoms with van der Waals surface area (Å²) < 4.78 is 1.58. The molecular formula is C8H9N9. The van der Waals surface area contributed by atoms with Crippen LogP contribution in [-0.4, -0.2) is 35.2 Å². The minimum atomic E-state index is 0.0900. The van der Waals surface area contributed by atoms with Gasteiger partial charge in [-0.2, -0.15) is 15.1 Å². The van der Waals surface area contributed by atoms with Gasteiger partial charge in [-0.05, 0) is 0 Å². The number of H-pyrrole nitrogens is 1. The normalized spacial score (nSPS) is 11.1. The highest BCUT2D eigenvalue weighted by atomic mass is 15.4. The summed E-state index contributed by atoms with van der Waals surface area (Å²) in [6.07, 6.45) is 1.74. The number of nitrogens with zero attached hydrogens (tertiary/aromatic N) is 6. The van der Waals surface area contributed by atoms with Crippen molar-refractivity contribution in [2.24, 2.45) is 7.05 Å². The first-order chi connectivity index (χ1) is 8.15. The van der Waals surface area contributed by atoms with Gasteiger partial charge in [-0.3, -0.25) is 9.78 Å². The van der Waals surface area contributed by atoms with Gasteiger partial charge < -0.3 is 11.5 Å². The van der Waals surface area contributed by atoms with E-state index in [4.69, 9.17) is 11.5 Å². The van der Waals surface area contributed by atoms with Crippen molar-refractivity contribution in [3.8, 4) is 11.4 Å². The van der Waals surface area contributed by atoms with Gasteiger partial charge >= 0.3 is 0 Å². The van der Waals surface area contributed by atoms with E-state index in [0.717, 1.165) is 0 Å². The monoisotopic (exact) mass is 231 g/mol. The Hall–Kier alpha value is -2.71. The number of hydrogen-bond acceptors (Lipinski definition) is 7. The Morgan fingerprint density at radius 3 is 2.82 bits per heavy atom. The van der Waals surface area contributed by atoms with Crippen molar-refractivity contribution in [2.45, 2.75) is 0 Å². The molecule has 9 nitrogen and oxygen atoms in total. The van der Waals surface area contributed by atoms with Crippen molar-refractivity contribution < 1.29 is 0 Å². The molecule has 0 aromatic carbocycles. The zero-order valence-electron chi connectivity index (χ0n) is 8.92. The molecule has 0 aliphatic carbocycles. The molecule has 0 unspecified atom stereocenters. The largest absolute Gasteiger partial charge is 0.383 e. The molecule has 5 N–H and O–H groups in total. The summed E-state index contributed by atoms with van der Waals surface area (Å²) in [6, 6.07) is 0. The lowest BCUT2D eigenvalue weighted by molar-refractivity contribution is 0.715. The van der Waals surface area contributed by atoms with Crippen LogP contribution < -0.4 is 11.5 Å². The maximum atomic E-state index is 5.80. The van der Waals surface area contributed by atoms with Crippen LogP contribution in [0.3, 0.4) is 0 Å². The van der Waals surface area contributed by atoms with Gasteiger partial charge in [-0.15, -0.1) is 5.10 Å². The Labute approximate surface area is 94.8 Å². The van der Waals surface area contributed by atoms with Crippen LogP contribution in [0.25, 0.3) is 22.4 Å². The Bertz CT molecular complexity index is 694. The van der Waals surface area contributed by atoms with Crippen LogP contribution in [0.4, 0.5) is 11.8 Å². The molecule has 9 heteroatoms. The van der Waals surface area contributed by atoms with E-state index in [9.17, 15) is 0 Å². The van der Waals surface area contributed by atoms with E-state index in [1.165, 1.54) is 0 Å². The standard InChI is InChI=1S/C8H9N9/c1-17-2-3(13-16-17)5-4-6(9)11-8(10)12-7(4)15-14-5/h2H,1H3,(H5,9,10,11,12,14,15). The van der Waals surface area contributed by atoms with E-state index in [0.29, 0.717) is 22.4 Å². The highest BCUT2D eigenvalue weighted by Crippen LogP contribution is 2.27. The van der Waals surface area contributed by atoms with Crippen LogP contribution in [0.1, 0.15) is 0 Å². The summed E-state index contributed by atoms with van der Waals surface area (Å²) in [6.45, 7) is 0. The summed E-state index contributed by atoms with van der Waals surface area (Å²) in [7, 11) is 1.77. The van der Waals surface area contributed by atoms with Gasteiger partial charge in [0.1, 0.15) is 17.2 Å². The van der Waals surface area contributed by atoms with Crippen molar-refractivity contribution >= 4 is 22.8 Å². The topological polar surface area (TPSA) is 137 Å². The number of rotatable bonds is 1. The number of aromatic nitrogens is 7. The first-order valence-electron chi connectivity index (χ1n) is 4.79. The number of nitrogen functional groups attached to an aromatic ring is 2. The van der Waals surface area contributed by atoms with Gasteiger partial charge in [0.05, 0.1) is 11.6 Å². The lowest BCUT2D eigenvalue weighted by Gasteiger charge is -1.97. The van der Waals surface area contributed by atoms with E-state index < -0.39 is 0 Å². The van der Waals surface area contributed by atoms with Crippen molar-refractivity contribution in [2.75, 3.05) is 11.5 Å². The smallest absolute Gasteiger partial charge is 0.224 e. The summed E-state index contributed by atoms with van der Waals surface area (Å²) in [5.74, 6) is 0.356. The molecule has 0 atom stereocenters. The van der Waals surface area contributed by atoms with Crippen LogP contribution in [-0.2, 0) is 7.05 Å². The zero-order chi connectivity index (χ0) is 12.0. The molecule has 0 amide bonds. The minimum absolute atomic E-state index is 0.0900. The SMILES string of the molecule is Cn1cc(-c2[nH]nc3nc(N)nc(N)c23)nn1.